The van der Waals surface area contributed by atoms with Crippen LogP contribution in [0.3, 0.4) is 0 Å². The number of halogens is 1. The van der Waals surface area contributed by atoms with Crippen LogP contribution in [0.5, 0.6) is 5.75 Å². The molecule has 1 heterocycles. The van der Waals surface area contributed by atoms with Gasteiger partial charge in [-0.1, -0.05) is 20.3 Å². The molecule has 25 heavy (non-hydrogen) atoms. The van der Waals surface area contributed by atoms with Gasteiger partial charge < -0.3 is 16.2 Å². The summed E-state index contributed by atoms with van der Waals surface area (Å²) in [5, 5.41) is 0. The summed E-state index contributed by atoms with van der Waals surface area (Å²) in [4.78, 5) is 10.6. The standard InChI is InChI=1S/C18H26FN5O/c1-12(2)11-25-15-7-6-13(19)10-14(15)24-17(21)22-16(20)23-18(24)8-4-3-5-9-18/h6-7,10,12H,3-5,8-9,11H2,1-2H3,(H4,20,21,22,23). The Kier molecular flexibility index (Phi) is 4.83. The Morgan fingerprint density at radius 3 is 2.64 bits per heavy atom. The molecule has 1 aliphatic carbocycles. The summed E-state index contributed by atoms with van der Waals surface area (Å²) in [6.07, 6.45) is 4.76. The number of hydrogen-bond donors (Lipinski definition) is 2. The van der Waals surface area contributed by atoms with E-state index >= 15 is 0 Å². The second kappa shape index (κ2) is 6.90. The molecule has 1 aromatic rings. The van der Waals surface area contributed by atoms with Crippen molar-refractivity contribution in [3.8, 4) is 5.75 Å². The van der Waals surface area contributed by atoms with E-state index in [1.807, 2.05) is 0 Å². The molecule has 6 nitrogen and oxygen atoms in total. The van der Waals surface area contributed by atoms with Crippen LogP contribution < -0.4 is 21.1 Å². The zero-order valence-corrected chi connectivity index (χ0v) is 14.8. The van der Waals surface area contributed by atoms with E-state index in [1.54, 1.807) is 11.0 Å². The third kappa shape index (κ3) is 3.55. The fourth-order valence-electron chi connectivity index (χ4n) is 3.51. The summed E-state index contributed by atoms with van der Waals surface area (Å²) in [7, 11) is 0. The van der Waals surface area contributed by atoms with Crippen molar-refractivity contribution in [1.29, 1.82) is 0 Å². The number of anilines is 1. The van der Waals surface area contributed by atoms with Crippen LogP contribution in [0.2, 0.25) is 0 Å². The highest BCUT2D eigenvalue weighted by Crippen LogP contribution is 2.42. The van der Waals surface area contributed by atoms with Gasteiger partial charge in [-0.05, 0) is 43.7 Å². The minimum absolute atomic E-state index is 0.178. The summed E-state index contributed by atoms with van der Waals surface area (Å²) in [5.74, 6) is 0.982. The van der Waals surface area contributed by atoms with Crippen molar-refractivity contribution in [1.82, 2.24) is 0 Å². The van der Waals surface area contributed by atoms with E-state index in [1.165, 1.54) is 12.1 Å². The predicted molar refractivity (Wildman–Crippen MR) is 98.3 cm³/mol. The summed E-state index contributed by atoms with van der Waals surface area (Å²) in [6.45, 7) is 4.66. The first-order chi connectivity index (χ1) is 11.9. The molecule has 0 saturated heterocycles. The van der Waals surface area contributed by atoms with Gasteiger partial charge in [0.05, 0.1) is 12.3 Å². The lowest BCUT2D eigenvalue weighted by Gasteiger charge is -2.45. The summed E-state index contributed by atoms with van der Waals surface area (Å²) < 4.78 is 20.0. The van der Waals surface area contributed by atoms with Gasteiger partial charge in [-0.3, -0.25) is 4.90 Å². The molecule has 0 unspecified atom stereocenters. The van der Waals surface area contributed by atoms with Gasteiger partial charge in [0.2, 0.25) is 11.9 Å². The maximum atomic E-state index is 14.0. The molecular weight excluding hydrogens is 321 g/mol. The number of nitrogens with zero attached hydrogens (tertiary/aromatic N) is 3. The predicted octanol–water partition coefficient (Wildman–Crippen LogP) is 2.97. The van der Waals surface area contributed by atoms with E-state index in [9.17, 15) is 4.39 Å². The van der Waals surface area contributed by atoms with E-state index in [0.717, 1.165) is 32.1 Å². The molecule has 0 atom stereocenters. The highest BCUT2D eigenvalue weighted by atomic mass is 19.1. The molecular formula is C18H26FN5O. The largest absolute Gasteiger partial charge is 0.491 e. The lowest BCUT2D eigenvalue weighted by atomic mass is 9.87. The Labute approximate surface area is 147 Å². The minimum atomic E-state index is -0.613. The Bertz CT molecular complexity index is 695. The molecule has 4 N–H and O–H groups in total. The first-order valence-electron chi connectivity index (χ1n) is 8.83. The van der Waals surface area contributed by atoms with Crippen molar-refractivity contribution in [2.45, 2.75) is 51.6 Å². The Morgan fingerprint density at radius 1 is 1.24 bits per heavy atom. The molecule has 136 valence electrons. The zero-order chi connectivity index (χ0) is 18.0. The fraction of sp³-hybridized carbons (Fsp3) is 0.556. The number of ether oxygens (including phenoxy) is 1. The molecule has 1 aromatic carbocycles. The Hall–Kier alpha value is -2.31. The Morgan fingerprint density at radius 2 is 1.96 bits per heavy atom. The van der Waals surface area contributed by atoms with Crippen molar-refractivity contribution < 1.29 is 9.13 Å². The maximum absolute atomic E-state index is 14.0. The van der Waals surface area contributed by atoms with Crippen molar-refractivity contribution in [3.63, 3.8) is 0 Å². The van der Waals surface area contributed by atoms with Gasteiger partial charge >= 0.3 is 0 Å². The first kappa shape index (κ1) is 17.5. The SMILES string of the molecule is CC(C)COc1ccc(F)cc1N1C(N)=NC(N)=NC12CCCCC2. The topological polar surface area (TPSA) is 89.2 Å². The van der Waals surface area contributed by atoms with Crippen molar-refractivity contribution in [2.24, 2.45) is 27.4 Å². The van der Waals surface area contributed by atoms with Gasteiger partial charge in [0.1, 0.15) is 17.2 Å². The third-order valence-corrected chi connectivity index (χ3v) is 4.59. The van der Waals surface area contributed by atoms with Crippen LogP contribution in [0.4, 0.5) is 10.1 Å². The molecule has 1 aliphatic heterocycles. The number of guanidine groups is 2. The average molecular weight is 347 g/mol. The normalized spacial score (nSPS) is 19.8. The number of rotatable bonds is 4. The molecule has 1 saturated carbocycles. The van der Waals surface area contributed by atoms with Crippen LogP contribution in [0, 0.1) is 11.7 Å². The fourth-order valence-corrected chi connectivity index (χ4v) is 3.51. The summed E-state index contributed by atoms with van der Waals surface area (Å²) in [5.41, 5.74) is 12.0. The van der Waals surface area contributed by atoms with E-state index in [2.05, 4.69) is 23.8 Å². The molecule has 3 rings (SSSR count). The van der Waals surface area contributed by atoms with Crippen molar-refractivity contribution in [3.05, 3.63) is 24.0 Å². The van der Waals surface area contributed by atoms with Crippen LogP contribution in [0.15, 0.2) is 28.2 Å². The molecule has 1 spiro atoms. The highest BCUT2D eigenvalue weighted by Gasteiger charge is 2.43. The van der Waals surface area contributed by atoms with Gasteiger partial charge in [0.15, 0.2) is 0 Å². The lowest BCUT2D eigenvalue weighted by Crippen LogP contribution is -2.58. The molecule has 0 amide bonds. The van der Waals surface area contributed by atoms with Gasteiger partial charge in [-0.15, -0.1) is 0 Å². The van der Waals surface area contributed by atoms with Gasteiger partial charge in [-0.2, -0.15) is 4.99 Å². The van der Waals surface area contributed by atoms with Gasteiger partial charge in [0, 0.05) is 6.07 Å². The molecule has 0 aromatic heterocycles. The lowest BCUT2D eigenvalue weighted by molar-refractivity contribution is 0.266. The second-order valence-electron chi connectivity index (χ2n) is 7.14. The molecule has 0 radical (unpaired) electrons. The number of nitrogens with two attached hydrogens (primary N) is 2. The Balaban J connectivity index is 2.06. The van der Waals surface area contributed by atoms with Crippen LogP contribution in [0.1, 0.15) is 46.0 Å². The number of hydrogen-bond acceptors (Lipinski definition) is 6. The second-order valence-corrected chi connectivity index (χ2v) is 7.14. The van der Waals surface area contributed by atoms with E-state index in [4.69, 9.17) is 16.2 Å². The van der Waals surface area contributed by atoms with Crippen LogP contribution in [0.25, 0.3) is 0 Å². The van der Waals surface area contributed by atoms with Gasteiger partial charge in [-0.25, -0.2) is 9.38 Å². The maximum Gasteiger partial charge on any atom is 0.220 e. The van der Waals surface area contributed by atoms with E-state index in [-0.39, 0.29) is 17.7 Å². The quantitative estimate of drug-likeness (QED) is 0.876. The average Bonchev–Trinajstić information content (AvgIpc) is 2.54. The minimum Gasteiger partial charge on any atom is -0.491 e. The van der Waals surface area contributed by atoms with Gasteiger partial charge in [0.25, 0.3) is 0 Å². The van der Waals surface area contributed by atoms with Crippen molar-refractivity contribution in [2.75, 3.05) is 11.5 Å². The highest BCUT2D eigenvalue weighted by molar-refractivity contribution is 6.06. The monoisotopic (exact) mass is 347 g/mol. The van der Waals surface area contributed by atoms with Crippen LogP contribution >= 0.6 is 0 Å². The van der Waals surface area contributed by atoms with E-state index < -0.39 is 5.66 Å². The first-order valence-corrected chi connectivity index (χ1v) is 8.83. The molecule has 2 aliphatic rings. The molecule has 0 bridgehead atoms. The van der Waals surface area contributed by atoms with Crippen LogP contribution in [-0.4, -0.2) is 24.2 Å². The number of benzene rings is 1. The van der Waals surface area contributed by atoms with E-state index in [0.29, 0.717) is 24.0 Å². The third-order valence-electron chi connectivity index (χ3n) is 4.59. The summed E-state index contributed by atoms with van der Waals surface area (Å²) >= 11 is 0. The molecule has 1 fully saturated rings. The smallest absolute Gasteiger partial charge is 0.220 e. The summed E-state index contributed by atoms with van der Waals surface area (Å²) in [6, 6.07) is 4.46. The molecule has 7 heteroatoms. The zero-order valence-electron chi connectivity index (χ0n) is 14.8. The number of aliphatic imine (C=N–C) groups is 2. The van der Waals surface area contributed by atoms with Crippen LogP contribution in [-0.2, 0) is 0 Å². The van der Waals surface area contributed by atoms with Crippen molar-refractivity contribution >= 4 is 17.6 Å².